The Morgan fingerprint density at radius 1 is 0.917 bits per heavy atom. The van der Waals surface area contributed by atoms with Crippen LogP contribution in [0.2, 0.25) is 5.02 Å². The fraction of sp³-hybridized carbons (Fsp3) is 0.346. The lowest BCUT2D eigenvalue weighted by atomic mass is 10.00. The molecule has 0 aliphatic carbocycles. The largest absolute Gasteiger partial charge is 0.416 e. The number of carbonyl (C=O) groups excluding carboxylic acids is 1. The zero-order valence-corrected chi connectivity index (χ0v) is 20.5. The summed E-state index contributed by atoms with van der Waals surface area (Å²) in [6.45, 7) is 5.77. The Morgan fingerprint density at radius 3 is 2.06 bits per heavy atom. The van der Waals surface area contributed by atoms with Crippen LogP contribution in [0, 0.1) is 5.92 Å². The molecule has 3 nitrogen and oxygen atoms in total. The summed E-state index contributed by atoms with van der Waals surface area (Å²) in [5.41, 5.74) is -2.16. The highest BCUT2D eigenvalue weighted by Crippen LogP contribution is 2.37. The summed E-state index contributed by atoms with van der Waals surface area (Å²) in [5.74, 6) is -1.03. The van der Waals surface area contributed by atoms with Crippen LogP contribution in [0.1, 0.15) is 53.5 Å². The maximum absolute atomic E-state index is 13.5. The van der Waals surface area contributed by atoms with Crippen molar-refractivity contribution in [1.82, 2.24) is 9.47 Å². The van der Waals surface area contributed by atoms with E-state index in [2.05, 4.69) is 0 Å². The van der Waals surface area contributed by atoms with Crippen LogP contribution in [-0.2, 0) is 25.4 Å². The van der Waals surface area contributed by atoms with Crippen molar-refractivity contribution in [2.45, 2.75) is 52.3 Å². The Hall–Kier alpha value is -2.94. The van der Waals surface area contributed by atoms with Gasteiger partial charge in [-0.1, -0.05) is 37.6 Å². The summed E-state index contributed by atoms with van der Waals surface area (Å²) in [5, 5.41) is 0.552. The molecule has 0 aliphatic rings. The second kappa shape index (κ2) is 10.6. The molecule has 1 unspecified atom stereocenters. The molecule has 194 valence electrons. The zero-order valence-electron chi connectivity index (χ0n) is 19.8. The third kappa shape index (κ3) is 6.63. The van der Waals surface area contributed by atoms with Crippen LogP contribution in [0.5, 0.6) is 0 Å². The lowest BCUT2D eigenvalue weighted by Crippen LogP contribution is -2.41. The molecule has 1 amide bonds. The topological polar surface area (TPSA) is 25.2 Å². The van der Waals surface area contributed by atoms with Crippen molar-refractivity contribution in [2.24, 2.45) is 5.92 Å². The SMILES string of the molecule is CC(C)C(C)N(Cc1cccn1Cc1cccc(Cl)c1)C(=O)c1cc(C(F)(F)F)cc(C(F)(F)F)c1. The first-order chi connectivity index (χ1) is 16.7. The van der Waals surface area contributed by atoms with Crippen molar-refractivity contribution in [3.8, 4) is 0 Å². The molecule has 0 radical (unpaired) electrons. The zero-order chi connectivity index (χ0) is 26.8. The predicted molar refractivity (Wildman–Crippen MR) is 126 cm³/mol. The molecule has 2 aromatic carbocycles. The van der Waals surface area contributed by atoms with E-state index in [1.54, 1.807) is 43.5 Å². The Labute approximate surface area is 210 Å². The van der Waals surface area contributed by atoms with Crippen molar-refractivity contribution in [3.63, 3.8) is 0 Å². The van der Waals surface area contributed by atoms with Gasteiger partial charge < -0.3 is 9.47 Å². The number of nitrogens with zero attached hydrogens (tertiary/aromatic N) is 2. The average Bonchev–Trinajstić information content (AvgIpc) is 3.21. The van der Waals surface area contributed by atoms with E-state index in [0.717, 1.165) is 5.56 Å². The lowest BCUT2D eigenvalue weighted by molar-refractivity contribution is -0.143. The van der Waals surface area contributed by atoms with Gasteiger partial charge in [0.25, 0.3) is 5.91 Å². The average molecular weight is 531 g/mol. The Balaban J connectivity index is 2.01. The molecule has 36 heavy (non-hydrogen) atoms. The molecule has 3 rings (SSSR count). The monoisotopic (exact) mass is 530 g/mol. The van der Waals surface area contributed by atoms with Gasteiger partial charge in [-0.05, 0) is 60.9 Å². The van der Waals surface area contributed by atoms with Gasteiger partial charge in [-0.2, -0.15) is 26.3 Å². The summed E-state index contributed by atoms with van der Waals surface area (Å²) in [4.78, 5) is 14.8. The van der Waals surface area contributed by atoms with Crippen molar-refractivity contribution < 1.29 is 31.1 Å². The number of halogens is 7. The molecule has 0 fully saturated rings. The summed E-state index contributed by atoms with van der Waals surface area (Å²) in [6.07, 6.45) is -8.31. The van der Waals surface area contributed by atoms with Crippen LogP contribution in [0.25, 0.3) is 0 Å². The molecule has 0 aliphatic heterocycles. The molecule has 0 N–H and O–H groups in total. The minimum Gasteiger partial charge on any atom is -0.345 e. The van der Waals surface area contributed by atoms with E-state index in [9.17, 15) is 31.1 Å². The first kappa shape index (κ1) is 27.6. The van der Waals surface area contributed by atoms with Gasteiger partial charge in [0.15, 0.2) is 0 Å². The highest BCUT2D eigenvalue weighted by Gasteiger charge is 2.38. The molecular weight excluding hydrogens is 506 g/mol. The number of aromatic nitrogens is 1. The van der Waals surface area contributed by atoms with Crippen molar-refractivity contribution >= 4 is 17.5 Å². The van der Waals surface area contributed by atoms with Crippen LogP contribution in [0.15, 0.2) is 60.8 Å². The molecule has 3 aromatic rings. The molecule has 1 atom stereocenters. The minimum absolute atomic E-state index is 0.0106. The maximum Gasteiger partial charge on any atom is 0.416 e. The number of carbonyl (C=O) groups is 1. The van der Waals surface area contributed by atoms with Crippen LogP contribution >= 0.6 is 11.6 Å². The molecule has 1 aromatic heterocycles. The molecule has 1 heterocycles. The highest BCUT2D eigenvalue weighted by molar-refractivity contribution is 6.30. The first-order valence-corrected chi connectivity index (χ1v) is 11.5. The molecule has 0 saturated carbocycles. The van der Waals surface area contributed by atoms with Gasteiger partial charge in [-0.3, -0.25) is 4.79 Å². The van der Waals surface area contributed by atoms with E-state index in [0.29, 0.717) is 29.4 Å². The van der Waals surface area contributed by atoms with Crippen LogP contribution < -0.4 is 0 Å². The molecule has 0 spiro atoms. The summed E-state index contributed by atoms with van der Waals surface area (Å²) < 4.78 is 82.1. The standard InChI is InChI=1S/C26H25ClF6N2O/c1-16(2)17(3)35(15-23-8-5-9-34(23)14-18-6-4-7-22(27)10-18)24(36)19-11-20(25(28,29)30)13-21(12-19)26(31,32)33/h4-13,16-17H,14-15H2,1-3H3. The fourth-order valence-corrected chi connectivity index (χ4v) is 3.97. The van der Waals surface area contributed by atoms with E-state index in [-0.39, 0.29) is 18.5 Å². The number of benzene rings is 2. The minimum atomic E-state index is -5.05. The van der Waals surface area contributed by atoms with Crippen molar-refractivity contribution in [2.75, 3.05) is 0 Å². The van der Waals surface area contributed by atoms with Gasteiger partial charge in [0.05, 0.1) is 17.7 Å². The quantitative estimate of drug-likeness (QED) is 0.285. The van der Waals surface area contributed by atoms with E-state index in [1.807, 2.05) is 24.5 Å². The third-order valence-corrected chi connectivity index (χ3v) is 6.28. The lowest BCUT2D eigenvalue weighted by Gasteiger charge is -2.33. The number of alkyl halides is 6. The van der Waals surface area contributed by atoms with Gasteiger partial charge in [0, 0.05) is 35.1 Å². The predicted octanol–water partition coefficient (Wildman–Crippen LogP) is 7.91. The van der Waals surface area contributed by atoms with E-state index >= 15 is 0 Å². The van der Waals surface area contributed by atoms with Gasteiger partial charge in [0.2, 0.25) is 0 Å². The summed E-state index contributed by atoms with van der Waals surface area (Å²) in [6, 6.07) is 11.2. The maximum atomic E-state index is 13.5. The summed E-state index contributed by atoms with van der Waals surface area (Å²) in [7, 11) is 0. The second-order valence-corrected chi connectivity index (χ2v) is 9.41. The fourth-order valence-electron chi connectivity index (χ4n) is 3.76. The second-order valence-electron chi connectivity index (χ2n) is 8.97. The number of rotatable bonds is 7. The third-order valence-electron chi connectivity index (χ3n) is 6.05. The molecule has 0 saturated heterocycles. The van der Waals surface area contributed by atoms with E-state index in [4.69, 9.17) is 11.6 Å². The van der Waals surface area contributed by atoms with Gasteiger partial charge in [-0.15, -0.1) is 0 Å². The van der Waals surface area contributed by atoms with Crippen molar-refractivity contribution in [3.05, 3.63) is 93.8 Å². The Kier molecular flexibility index (Phi) is 8.13. The normalized spacial score (nSPS) is 13.2. The smallest absolute Gasteiger partial charge is 0.345 e. The van der Waals surface area contributed by atoms with E-state index < -0.39 is 41.0 Å². The first-order valence-electron chi connectivity index (χ1n) is 11.2. The van der Waals surface area contributed by atoms with Gasteiger partial charge >= 0.3 is 12.4 Å². The van der Waals surface area contributed by atoms with E-state index in [1.165, 1.54) is 4.90 Å². The molecule has 10 heteroatoms. The Morgan fingerprint density at radius 2 is 1.53 bits per heavy atom. The van der Waals surface area contributed by atoms with Crippen LogP contribution in [0.4, 0.5) is 26.3 Å². The van der Waals surface area contributed by atoms with Gasteiger partial charge in [0.1, 0.15) is 0 Å². The van der Waals surface area contributed by atoms with Crippen LogP contribution in [0.3, 0.4) is 0 Å². The Bertz CT molecular complexity index is 1180. The molecule has 0 bridgehead atoms. The highest BCUT2D eigenvalue weighted by atomic mass is 35.5. The van der Waals surface area contributed by atoms with Crippen LogP contribution in [-0.4, -0.2) is 21.4 Å². The van der Waals surface area contributed by atoms with Gasteiger partial charge in [-0.25, -0.2) is 0 Å². The number of hydrogen-bond acceptors (Lipinski definition) is 1. The molecular formula is C26H25ClF6N2O. The number of amides is 1. The summed E-state index contributed by atoms with van der Waals surface area (Å²) >= 11 is 6.06. The number of hydrogen-bond donors (Lipinski definition) is 0. The van der Waals surface area contributed by atoms with Crippen molar-refractivity contribution in [1.29, 1.82) is 0 Å².